The van der Waals surface area contributed by atoms with E-state index < -0.39 is 0 Å². The van der Waals surface area contributed by atoms with E-state index in [9.17, 15) is 4.79 Å². The molecule has 0 aliphatic heterocycles. The lowest BCUT2D eigenvalue weighted by Gasteiger charge is -2.26. The van der Waals surface area contributed by atoms with Crippen molar-refractivity contribution in [2.45, 2.75) is 59.9 Å². The molecule has 0 saturated heterocycles. The molecule has 196 valence electrons. The highest BCUT2D eigenvalue weighted by Gasteiger charge is 2.18. The molecule has 2 aromatic carbocycles. The molecule has 2 aromatic heterocycles. The van der Waals surface area contributed by atoms with Crippen LogP contribution in [0.3, 0.4) is 0 Å². The second-order valence-electron chi connectivity index (χ2n) is 10.8. The van der Waals surface area contributed by atoms with Gasteiger partial charge in [0.2, 0.25) is 0 Å². The average Bonchev–Trinajstić information content (AvgIpc) is 2.86. The maximum absolute atomic E-state index is 12.7. The normalized spacial score (nSPS) is 17.5. The molecule has 1 aliphatic rings. The second kappa shape index (κ2) is 11.9. The van der Waals surface area contributed by atoms with Crippen molar-refractivity contribution in [3.63, 3.8) is 0 Å². The van der Waals surface area contributed by atoms with Gasteiger partial charge in [-0.1, -0.05) is 38.0 Å². The fourth-order valence-electron chi connectivity index (χ4n) is 5.22. The molecule has 0 atom stereocenters. The summed E-state index contributed by atoms with van der Waals surface area (Å²) in [5.74, 6) is 3.42. The number of nitrogens with one attached hydrogen (secondary N) is 1. The third-order valence-corrected chi connectivity index (χ3v) is 7.28. The average molecular weight is 501 g/mol. The van der Waals surface area contributed by atoms with Crippen LogP contribution in [0.15, 0.2) is 51.9 Å². The van der Waals surface area contributed by atoms with Crippen LogP contribution in [0.1, 0.15) is 55.1 Å². The summed E-state index contributed by atoms with van der Waals surface area (Å²) < 4.78 is 5.73. The molecule has 6 nitrogen and oxygen atoms in total. The number of para-hydroxylation sites is 1. The lowest BCUT2D eigenvalue weighted by molar-refractivity contribution is 0.281. The SMILES string of the molecule is Cc1cc(C)c2occ(CNCC3CCC(C)CC3)c(=O)c2c1.Cc1nc(N(C)C)c2ccccc2n1. The fourth-order valence-corrected chi connectivity index (χ4v) is 5.22. The third-order valence-electron chi connectivity index (χ3n) is 7.28. The van der Waals surface area contributed by atoms with Gasteiger partial charge in [-0.3, -0.25) is 4.79 Å². The number of hydrogen-bond donors (Lipinski definition) is 1. The Morgan fingerprint density at radius 2 is 1.73 bits per heavy atom. The predicted molar refractivity (Wildman–Crippen MR) is 153 cm³/mol. The number of aromatic nitrogens is 2. The highest BCUT2D eigenvalue weighted by Crippen LogP contribution is 2.27. The van der Waals surface area contributed by atoms with Gasteiger partial charge < -0.3 is 14.6 Å². The van der Waals surface area contributed by atoms with Crippen LogP contribution in [0.25, 0.3) is 21.9 Å². The van der Waals surface area contributed by atoms with Crippen molar-refractivity contribution >= 4 is 27.7 Å². The van der Waals surface area contributed by atoms with Gasteiger partial charge in [-0.05, 0) is 81.3 Å². The fraction of sp³-hybridized carbons (Fsp3) is 0.452. The van der Waals surface area contributed by atoms with Gasteiger partial charge in [-0.25, -0.2) is 9.97 Å². The Morgan fingerprint density at radius 3 is 2.46 bits per heavy atom. The Morgan fingerprint density at radius 1 is 1.00 bits per heavy atom. The van der Waals surface area contributed by atoms with Gasteiger partial charge in [0.15, 0.2) is 5.43 Å². The van der Waals surface area contributed by atoms with Crippen molar-refractivity contribution in [2.75, 3.05) is 25.5 Å². The molecule has 0 radical (unpaired) electrons. The molecule has 0 spiro atoms. The van der Waals surface area contributed by atoms with Gasteiger partial charge in [0.05, 0.1) is 17.2 Å². The summed E-state index contributed by atoms with van der Waals surface area (Å²) >= 11 is 0. The molecule has 0 amide bonds. The number of fused-ring (bicyclic) bond motifs is 2. The summed E-state index contributed by atoms with van der Waals surface area (Å²) in [5.41, 5.74) is 4.67. The summed E-state index contributed by atoms with van der Waals surface area (Å²) in [6.45, 7) is 9.85. The molecule has 1 N–H and O–H groups in total. The maximum Gasteiger partial charge on any atom is 0.197 e. The molecule has 0 bridgehead atoms. The van der Waals surface area contributed by atoms with Gasteiger partial charge in [-0.15, -0.1) is 0 Å². The van der Waals surface area contributed by atoms with Crippen molar-refractivity contribution < 1.29 is 4.42 Å². The van der Waals surface area contributed by atoms with Gasteiger partial charge in [0, 0.05) is 31.6 Å². The highest BCUT2D eigenvalue weighted by atomic mass is 16.3. The van der Waals surface area contributed by atoms with Crippen molar-refractivity contribution in [1.82, 2.24) is 15.3 Å². The molecule has 4 aromatic rings. The number of hydrogen-bond acceptors (Lipinski definition) is 6. The zero-order valence-corrected chi connectivity index (χ0v) is 23.1. The Hall–Kier alpha value is -3.25. The van der Waals surface area contributed by atoms with Crippen molar-refractivity contribution in [3.05, 3.63) is 75.4 Å². The lowest BCUT2D eigenvalue weighted by atomic mass is 9.83. The summed E-state index contributed by atoms with van der Waals surface area (Å²) in [7, 11) is 3.99. The minimum Gasteiger partial charge on any atom is -0.463 e. The first kappa shape index (κ1) is 26.8. The first-order chi connectivity index (χ1) is 17.7. The number of nitrogens with zero attached hydrogens (tertiary/aromatic N) is 3. The summed E-state index contributed by atoms with van der Waals surface area (Å²) in [6, 6.07) is 12.0. The Labute approximate surface area is 220 Å². The van der Waals surface area contributed by atoms with Crippen LogP contribution in [0.2, 0.25) is 0 Å². The predicted octanol–water partition coefficient (Wildman–Crippen LogP) is 6.33. The first-order valence-electron chi connectivity index (χ1n) is 13.4. The number of benzene rings is 2. The van der Waals surface area contributed by atoms with Crippen LogP contribution in [0.5, 0.6) is 0 Å². The number of anilines is 1. The Bertz CT molecular complexity index is 1420. The Balaban J connectivity index is 0.000000195. The van der Waals surface area contributed by atoms with Crippen LogP contribution in [0.4, 0.5) is 5.82 Å². The van der Waals surface area contributed by atoms with Gasteiger partial charge in [-0.2, -0.15) is 0 Å². The maximum atomic E-state index is 12.7. The first-order valence-corrected chi connectivity index (χ1v) is 13.4. The van der Waals surface area contributed by atoms with E-state index in [0.29, 0.717) is 17.5 Å². The molecular formula is C31H40N4O2. The van der Waals surface area contributed by atoms with E-state index in [0.717, 1.165) is 57.6 Å². The van der Waals surface area contributed by atoms with Crippen LogP contribution in [-0.2, 0) is 6.54 Å². The molecule has 37 heavy (non-hydrogen) atoms. The van der Waals surface area contributed by atoms with Crippen molar-refractivity contribution in [2.24, 2.45) is 11.8 Å². The monoisotopic (exact) mass is 500 g/mol. The largest absolute Gasteiger partial charge is 0.463 e. The molecule has 1 fully saturated rings. The van der Waals surface area contributed by atoms with E-state index in [1.54, 1.807) is 6.26 Å². The topological polar surface area (TPSA) is 71.3 Å². The third kappa shape index (κ3) is 6.55. The van der Waals surface area contributed by atoms with E-state index in [1.165, 1.54) is 25.7 Å². The molecule has 2 heterocycles. The zero-order chi connectivity index (χ0) is 26.5. The molecule has 1 aliphatic carbocycles. The summed E-state index contributed by atoms with van der Waals surface area (Å²) in [4.78, 5) is 23.5. The second-order valence-corrected chi connectivity index (χ2v) is 10.8. The van der Waals surface area contributed by atoms with Gasteiger partial charge >= 0.3 is 0 Å². The summed E-state index contributed by atoms with van der Waals surface area (Å²) in [6.07, 6.45) is 6.91. The van der Waals surface area contributed by atoms with E-state index in [2.05, 4.69) is 22.2 Å². The van der Waals surface area contributed by atoms with E-state index >= 15 is 0 Å². The minimum absolute atomic E-state index is 0.0998. The molecule has 6 heteroatoms. The van der Waals surface area contributed by atoms with E-state index in [-0.39, 0.29) is 5.43 Å². The van der Waals surface area contributed by atoms with Gasteiger partial charge in [0.1, 0.15) is 17.2 Å². The smallest absolute Gasteiger partial charge is 0.197 e. The van der Waals surface area contributed by atoms with Crippen LogP contribution in [0, 0.1) is 32.6 Å². The molecule has 5 rings (SSSR count). The highest BCUT2D eigenvalue weighted by molar-refractivity contribution is 5.89. The quantitative estimate of drug-likeness (QED) is 0.345. The minimum atomic E-state index is 0.0998. The van der Waals surface area contributed by atoms with E-state index in [1.807, 2.05) is 76.2 Å². The number of rotatable bonds is 5. The van der Waals surface area contributed by atoms with Crippen LogP contribution >= 0.6 is 0 Å². The Kier molecular flexibility index (Phi) is 8.59. The lowest BCUT2D eigenvalue weighted by Crippen LogP contribution is -2.27. The molecule has 0 unspecified atom stereocenters. The zero-order valence-electron chi connectivity index (χ0n) is 23.1. The van der Waals surface area contributed by atoms with Crippen LogP contribution < -0.4 is 15.6 Å². The van der Waals surface area contributed by atoms with Crippen molar-refractivity contribution in [3.8, 4) is 0 Å². The molecule has 1 saturated carbocycles. The van der Waals surface area contributed by atoms with Crippen molar-refractivity contribution in [1.29, 1.82) is 0 Å². The van der Waals surface area contributed by atoms with E-state index in [4.69, 9.17) is 4.42 Å². The standard InChI is InChI=1S/C20H27NO2.C11H13N3/c1-13-4-6-16(7-5-13)10-21-11-17-12-23-20-15(3)8-14(2)9-18(20)19(17)22;1-8-12-10-7-5-4-6-9(10)11(13-8)14(2)3/h8-9,12-13,16,21H,4-7,10-11H2,1-3H3;4-7H,1-3H3. The summed E-state index contributed by atoms with van der Waals surface area (Å²) in [5, 5.41) is 5.26. The van der Waals surface area contributed by atoms with Gasteiger partial charge in [0.25, 0.3) is 0 Å². The van der Waals surface area contributed by atoms with Crippen LogP contribution in [-0.4, -0.2) is 30.6 Å². The number of aryl methyl sites for hydroxylation is 3. The molecular weight excluding hydrogens is 460 g/mol.